The zero-order chi connectivity index (χ0) is 13.1. The quantitative estimate of drug-likeness (QED) is 0.911. The van der Waals surface area contributed by atoms with Gasteiger partial charge in [0.2, 0.25) is 0 Å². The van der Waals surface area contributed by atoms with Gasteiger partial charge >= 0.3 is 0 Å². The second-order valence-electron chi connectivity index (χ2n) is 4.89. The molecular formula is C16H20N2S. The molecule has 1 N–H and O–H groups in total. The van der Waals surface area contributed by atoms with Crippen LogP contribution in [0.2, 0.25) is 0 Å². The maximum atomic E-state index is 3.72. The molecule has 0 aliphatic carbocycles. The number of nitrogens with zero attached hydrogens (tertiary/aromatic N) is 1. The number of fused-ring (bicyclic) bond motifs is 1. The van der Waals surface area contributed by atoms with E-state index in [9.17, 15) is 0 Å². The first-order chi connectivity index (χ1) is 9.38. The van der Waals surface area contributed by atoms with E-state index in [0.29, 0.717) is 6.04 Å². The predicted molar refractivity (Wildman–Crippen MR) is 81.5 cm³/mol. The van der Waals surface area contributed by atoms with E-state index in [1.54, 1.807) is 0 Å². The van der Waals surface area contributed by atoms with Gasteiger partial charge in [-0.3, -0.25) is 0 Å². The van der Waals surface area contributed by atoms with Gasteiger partial charge in [0.05, 0.1) is 0 Å². The summed E-state index contributed by atoms with van der Waals surface area (Å²) >= 11 is 1.98. The fourth-order valence-corrected chi connectivity index (χ4v) is 3.83. The van der Waals surface area contributed by atoms with E-state index >= 15 is 0 Å². The van der Waals surface area contributed by atoms with Crippen LogP contribution in [0.1, 0.15) is 30.6 Å². The molecule has 1 aromatic carbocycles. The van der Waals surface area contributed by atoms with Crippen molar-refractivity contribution in [3.05, 3.63) is 53.9 Å². The first-order valence-corrected chi connectivity index (χ1v) is 7.96. The summed E-state index contributed by atoms with van der Waals surface area (Å²) in [6, 6.07) is 13.6. The molecule has 1 unspecified atom stereocenters. The van der Waals surface area contributed by atoms with Crippen LogP contribution in [0.5, 0.6) is 0 Å². The molecule has 1 aliphatic rings. The smallest absolute Gasteiger partial charge is 0.0364 e. The summed E-state index contributed by atoms with van der Waals surface area (Å²) in [6.45, 7) is 4.18. The molecule has 1 aliphatic heterocycles. The molecule has 1 aromatic heterocycles. The molecule has 3 heteroatoms. The van der Waals surface area contributed by atoms with Crippen molar-refractivity contribution >= 4 is 11.8 Å². The summed E-state index contributed by atoms with van der Waals surface area (Å²) in [6.07, 6.45) is 3.37. The number of rotatable bonds is 4. The fraction of sp³-hybridized carbons (Fsp3) is 0.375. The van der Waals surface area contributed by atoms with Crippen LogP contribution < -0.4 is 5.32 Å². The number of nitrogens with one attached hydrogen (secondary N) is 1. The van der Waals surface area contributed by atoms with Crippen LogP contribution in [0.3, 0.4) is 0 Å². The topological polar surface area (TPSA) is 17.0 Å². The van der Waals surface area contributed by atoms with Crippen molar-refractivity contribution in [3.63, 3.8) is 0 Å². The monoisotopic (exact) mass is 272 g/mol. The van der Waals surface area contributed by atoms with Crippen molar-refractivity contribution in [2.75, 3.05) is 5.75 Å². The number of hydrogen-bond acceptors (Lipinski definition) is 2. The van der Waals surface area contributed by atoms with E-state index < -0.39 is 0 Å². The third kappa shape index (κ3) is 2.72. The van der Waals surface area contributed by atoms with Crippen LogP contribution in [0, 0.1) is 0 Å². The van der Waals surface area contributed by atoms with Gasteiger partial charge in [-0.15, -0.1) is 11.8 Å². The highest BCUT2D eigenvalue weighted by molar-refractivity contribution is 7.99. The number of thioether (sulfide) groups is 1. The van der Waals surface area contributed by atoms with Crippen LogP contribution in [0.25, 0.3) is 0 Å². The van der Waals surface area contributed by atoms with Gasteiger partial charge in [0.1, 0.15) is 0 Å². The lowest BCUT2D eigenvalue weighted by atomic mass is 10.0. The minimum absolute atomic E-state index is 0.498. The molecule has 0 saturated heterocycles. The maximum absolute atomic E-state index is 3.72. The molecule has 0 amide bonds. The Morgan fingerprint density at radius 2 is 2.16 bits per heavy atom. The minimum atomic E-state index is 0.498. The van der Waals surface area contributed by atoms with Gasteiger partial charge in [0.15, 0.2) is 0 Å². The molecule has 19 heavy (non-hydrogen) atoms. The lowest BCUT2D eigenvalue weighted by Gasteiger charge is -2.26. The van der Waals surface area contributed by atoms with E-state index in [-0.39, 0.29) is 0 Å². The second kappa shape index (κ2) is 5.85. The Labute approximate surface area is 119 Å². The molecule has 3 rings (SSSR count). The Balaban J connectivity index is 1.71. The van der Waals surface area contributed by atoms with Crippen LogP contribution >= 0.6 is 11.8 Å². The van der Waals surface area contributed by atoms with E-state index in [1.807, 2.05) is 11.8 Å². The van der Waals surface area contributed by atoms with Crippen LogP contribution in [0.4, 0.5) is 0 Å². The molecule has 0 spiro atoms. The molecule has 0 saturated carbocycles. The standard InChI is InChI=1S/C16H20N2S/c1-2-18-10-5-6-13(18)12-17-15-9-11-19-16-8-4-3-7-14(15)16/h3-8,10,15,17H,2,9,11-12H2,1H3. The lowest BCUT2D eigenvalue weighted by molar-refractivity contribution is 0.496. The van der Waals surface area contributed by atoms with Crippen molar-refractivity contribution in [2.24, 2.45) is 0 Å². The Hall–Kier alpha value is -1.19. The van der Waals surface area contributed by atoms with E-state index in [2.05, 4.69) is 59.4 Å². The molecule has 2 nitrogen and oxygen atoms in total. The average Bonchev–Trinajstić information content (AvgIpc) is 2.92. The zero-order valence-electron chi connectivity index (χ0n) is 11.3. The lowest BCUT2D eigenvalue weighted by Crippen LogP contribution is -2.25. The van der Waals surface area contributed by atoms with Crippen molar-refractivity contribution in [1.82, 2.24) is 9.88 Å². The number of aromatic nitrogens is 1. The molecular weight excluding hydrogens is 252 g/mol. The number of hydrogen-bond donors (Lipinski definition) is 1. The van der Waals surface area contributed by atoms with Gasteiger partial charge in [0.25, 0.3) is 0 Å². The number of aryl methyl sites for hydroxylation is 1. The van der Waals surface area contributed by atoms with Crippen molar-refractivity contribution < 1.29 is 0 Å². The summed E-state index contributed by atoms with van der Waals surface area (Å²) in [4.78, 5) is 1.44. The molecule has 0 radical (unpaired) electrons. The third-order valence-corrected chi connectivity index (χ3v) is 4.87. The maximum Gasteiger partial charge on any atom is 0.0364 e. The molecule has 2 heterocycles. The highest BCUT2D eigenvalue weighted by Crippen LogP contribution is 2.35. The fourth-order valence-electron chi connectivity index (χ4n) is 2.70. The van der Waals surface area contributed by atoms with Gasteiger partial charge in [0, 0.05) is 35.9 Å². The highest BCUT2D eigenvalue weighted by Gasteiger charge is 2.19. The highest BCUT2D eigenvalue weighted by atomic mass is 32.2. The van der Waals surface area contributed by atoms with Crippen LogP contribution in [0.15, 0.2) is 47.5 Å². The summed E-state index contributed by atoms with van der Waals surface area (Å²) in [5.41, 5.74) is 2.84. The van der Waals surface area contributed by atoms with E-state index in [1.165, 1.54) is 28.3 Å². The summed E-state index contributed by atoms with van der Waals surface area (Å²) in [5.74, 6) is 1.21. The molecule has 1 atom stereocenters. The van der Waals surface area contributed by atoms with E-state index in [0.717, 1.165) is 13.1 Å². The number of benzene rings is 1. The third-order valence-electron chi connectivity index (χ3n) is 3.75. The summed E-state index contributed by atoms with van der Waals surface area (Å²) in [5, 5.41) is 3.72. The molecule has 0 fully saturated rings. The Morgan fingerprint density at radius 1 is 1.26 bits per heavy atom. The van der Waals surface area contributed by atoms with Crippen molar-refractivity contribution in [2.45, 2.75) is 37.4 Å². The molecule has 0 bridgehead atoms. The first-order valence-electron chi connectivity index (χ1n) is 6.97. The SMILES string of the molecule is CCn1cccc1CNC1CCSc2ccccc21. The Bertz CT molecular complexity index is 547. The summed E-state index contributed by atoms with van der Waals surface area (Å²) in [7, 11) is 0. The largest absolute Gasteiger partial charge is 0.351 e. The second-order valence-corrected chi connectivity index (χ2v) is 6.03. The van der Waals surface area contributed by atoms with Crippen LogP contribution in [-0.4, -0.2) is 10.3 Å². The minimum Gasteiger partial charge on any atom is -0.351 e. The van der Waals surface area contributed by atoms with Gasteiger partial charge in [-0.1, -0.05) is 18.2 Å². The zero-order valence-corrected chi connectivity index (χ0v) is 12.1. The first kappa shape index (κ1) is 12.8. The average molecular weight is 272 g/mol. The van der Waals surface area contributed by atoms with Crippen molar-refractivity contribution in [1.29, 1.82) is 0 Å². The summed E-state index contributed by atoms with van der Waals surface area (Å²) < 4.78 is 2.30. The molecule has 100 valence electrons. The van der Waals surface area contributed by atoms with Gasteiger partial charge in [-0.2, -0.15) is 0 Å². The molecule has 2 aromatic rings. The van der Waals surface area contributed by atoms with Crippen molar-refractivity contribution in [3.8, 4) is 0 Å². The Kier molecular flexibility index (Phi) is 3.95. The van der Waals surface area contributed by atoms with E-state index in [4.69, 9.17) is 0 Å². The van der Waals surface area contributed by atoms with Gasteiger partial charge in [-0.05, 0) is 42.9 Å². The Morgan fingerprint density at radius 3 is 3.05 bits per heavy atom. The van der Waals surface area contributed by atoms with Crippen LogP contribution in [-0.2, 0) is 13.1 Å². The predicted octanol–water partition coefficient (Wildman–Crippen LogP) is 3.83. The normalized spacial score (nSPS) is 18.3. The van der Waals surface area contributed by atoms with Gasteiger partial charge in [-0.25, -0.2) is 0 Å². The van der Waals surface area contributed by atoms with Gasteiger partial charge < -0.3 is 9.88 Å².